The number of sulfonamides is 1. The highest BCUT2D eigenvalue weighted by Gasteiger charge is 2.32. The lowest BCUT2D eigenvalue weighted by molar-refractivity contribution is 0.0875. The maximum Gasteiger partial charge on any atom is 0.243 e. The Kier molecular flexibility index (Phi) is 6.03. The van der Waals surface area contributed by atoms with Gasteiger partial charge in [0.1, 0.15) is 5.75 Å². The van der Waals surface area contributed by atoms with Crippen LogP contribution < -0.4 is 4.74 Å². The summed E-state index contributed by atoms with van der Waals surface area (Å²) in [6.45, 7) is 2.57. The standard InChI is InChI=1S/C20H22BrNO4S/c1-14-13-18(7-8-19(14)21)27(24,25)22-11-9-16(10-12-22)20(23)15-3-5-17(26-2)6-4-15/h3-8,13,16H,9-12H2,1-2H3. The van der Waals surface area contributed by atoms with Crippen molar-refractivity contribution >= 4 is 31.7 Å². The van der Waals surface area contributed by atoms with E-state index < -0.39 is 10.0 Å². The Morgan fingerprint density at radius 1 is 1.11 bits per heavy atom. The Labute approximate surface area is 168 Å². The van der Waals surface area contributed by atoms with Crippen molar-refractivity contribution in [1.29, 1.82) is 0 Å². The van der Waals surface area contributed by atoms with Gasteiger partial charge in [0.2, 0.25) is 10.0 Å². The van der Waals surface area contributed by atoms with Crippen molar-refractivity contribution in [2.24, 2.45) is 5.92 Å². The van der Waals surface area contributed by atoms with Gasteiger partial charge in [-0.25, -0.2) is 8.42 Å². The second-order valence-corrected chi connectivity index (χ2v) is 9.47. The van der Waals surface area contributed by atoms with E-state index in [0.29, 0.717) is 42.1 Å². The van der Waals surface area contributed by atoms with Crippen molar-refractivity contribution in [2.45, 2.75) is 24.7 Å². The van der Waals surface area contributed by atoms with Gasteiger partial charge in [-0.2, -0.15) is 4.31 Å². The number of halogens is 1. The molecule has 1 aliphatic heterocycles. The van der Waals surface area contributed by atoms with E-state index in [1.54, 1.807) is 49.6 Å². The highest BCUT2D eigenvalue weighted by atomic mass is 79.9. The fourth-order valence-electron chi connectivity index (χ4n) is 3.28. The summed E-state index contributed by atoms with van der Waals surface area (Å²) in [5, 5.41) is 0. The smallest absolute Gasteiger partial charge is 0.243 e. The molecule has 144 valence electrons. The first kappa shape index (κ1) is 20.0. The van der Waals surface area contributed by atoms with E-state index in [1.165, 1.54) is 4.31 Å². The number of hydrogen-bond acceptors (Lipinski definition) is 4. The largest absolute Gasteiger partial charge is 0.497 e. The van der Waals surface area contributed by atoms with Gasteiger partial charge in [-0.3, -0.25) is 4.79 Å². The molecule has 1 aliphatic rings. The molecule has 0 spiro atoms. The van der Waals surface area contributed by atoms with Crippen LogP contribution in [0.2, 0.25) is 0 Å². The summed E-state index contributed by atoms with van der Waals surface area (Å²) in [5.41, 5.74) is 1.52. The molecule has 0 amide bonds. The van der Waals surface area contributed by atoms with Crippen LogP contribution in [0.4, 0.5) is 0 Å². The van der Waals surface area contributed by atoms with Crippen LogP contribution in [0.5, 0.6) is 5.75 Å². The summed E-state index contributed by atoms with van der Waals surface area (Å²) >= 11 is 3.39. The molecular weight excluding hydrogens is 430 g/mol. The number of piperidine rings is 1. The van der Waals surface area contributed by atoms with Crippen molar-refractivity contribution in [2.75, 3.05) is 20.2 Å². The van der Waals surface area contributed by atoms with E-state index >= 15 is 0 Å². The van der Waals surface area contributed by atoms with Crippen LogP contribution >= 0.6 is 15.9 Å². The van der Waals surface area contributed by atoms with Crippen molar-refractivity contribution in [3.63, 3.8) is 0 Å². The maximum atomic E-state index is 12.9. The number of nitrogens with zero attached hydrogens (tertiary/aromatic N) is 1. The Balaban J connectivity index is 1.68. The van der Waals surface area contributed by atoms with Crippen LogP contribution in [0.1, 0.15) is 28.8 Å². The lowest BCUT2D eigenvalue weighted by atomic mass is 9.89. The second-order valence-electron chi connectivity index (χ2n) is 6.68. The molecule has 0 unspecified atom stereocenters. The van der Waals surface area contributed by atoms with Gasteiger partial charge in [0.25, 0.3) is 0 Å². The van der Waals surface area contributed by atoms with Crippen LogP contribution in [0.15, 0.2) is 51.8 Å². The monoisotopic (exact) mass is 451 g/mol. The van der Waals surface area contributed by atoms with E-state index in [4.69, 9.17) is 4.74 Å². The molecule has 0 radical (unpaired) electrons. The lowest BCUT2D eigenvalue weighted by Crippen LogP contribution is -2.40. The molecule has 27 heavy (non-hydrogen) atoms. The molecule has 2 aromatic carbocycles. The minimum Gasteiger partial charge on any atom is -0.497 e. The zero-order valence-corrected chi connectivity index (χ0v) is 17.7. The van der Waals surface area contributed by atoms with Gasteiger partial charge in [-0.05, 0) is 67.8 Å². The Morgan fingerprint density at radius 3 is 2.30 bits per heavy atom. The molecule has 0 bridgehead atoms. The van der Waals surface area contributed by atoms with Gasteiger partial charge in [0.15, 0.2) is 5.78 Å². The molecule has 0 atom stereocenters. The number of aryl methyl sites for hydroxylation is 1. The van der Waals surface area contributed by atoms with Crippen molar-refractivity contribution < 1.29 is 17.9 Å². The fourth-order valence-corrected chi connectivity index (χ4v) is 5.08. The first-order valence-corrected chi connectivity index (χ1v) is 11.0. The summed E-state index contributed by atoms with van der Waals surface area (Å²) in [5.74, 6) is 0.614. The number of Topliss-reactive ketones (excluding diaryl/α,β-unsaturated/α-hetero) is 1. The maximum absolute atomic E-state index is 12.9. The van der Waals surface area contributed by atoms with Gasteiger partial charge < -0.3 is 4.74 Å². The Hall–Kier alpha value is -1.70. The van der Waals surface area contributed by atoms with Crippen LogP contribution in [-0.4, -0.2) is 38.7 Å². The minimum absolute atomic E-state index is 0.0641. The van der Waals surface area contributed by atoms with Gasteiger partial charge in [-0.15, -0.1) is 0 Å². The number of benzene rings is 2. The fraction of sp³-hybridized carbons (Fsp3) is 0.350. The number of carbonyl (C=O) groups is 1. The molecule has 1 heterocycles. The van der Waals surface area contributed by atoms with Crippen LogP contribution in [-0.2, 0) is 10.0 Å². The molecule has 3 rings (SSSR count). The van der Waals surface area contributed by atoms with E-state index in [-0.39, 0.29) is 11.7 Å². The number of methoxy groups -OCH3 is 1. The first-order valence-electron chi connectivity index (χ1n) is 8.77. The summed E-state index contributed by atoms with van der Waals surface area (Å²) in [7, 11) is -1.96. The third-order valence-electron chi connectivity index (χ3n) is 4.97. The third kappa shape index (κ3) is 4.25. The molecule has 2 aromatic rings. The van der Waals surface area contributed by atoms with Crippen LogP contribution in [0.25, 0.3) is 0 Å². The number of hydrogen-bond donors (Lipinski definition) is 0. The van der Waals surface area contributed by atoms with Crippen molar-refractivity contribution in [3.05, 3.63) is 58.1 Å². The predicted octanol–water partition coefficient (Wildman–Crippen LogP) is 4.05. The van der Waals surface area contributed by atoms with E-state index in [0.717, 1.165) is 10.0 Å². The average Bonchev–Trinajstić information content (AvgIpc) is 2.69. The summed E-state index contributed by atoms with van der Waals surface area (Å²) in [6, 6.07) is 12.1. The molecule has 1 saturated heterocycles. The number of ketones is 1. The molecule has 7 heteroatoms. The zero-order valence-electron chi connectivity index (χ0n) is 15.3. The normalized spacial score (nSPS) is 16.3. The van der Waals surface area contributed by atoms with E-state index in [2.05, 4.69) is 15.9 Å². The molecule has 0 N–H and O–H groups in total. The summed E-state index contributed by atoms with van der Waals surface area (Å²) in [4.78, 5) is 13.0. The number of rotatable bonds is 5. The second kappa shape index (κ2) is 8.12. The van der Waals surface area contributed by atoms with Crippen molar-refractivity contribution in [1.82, 2.24) is 4.31 Å². The molecule has 0 aromatic heterocycles. The molecule has 5 nitrogen and oxygen atoms in total. The SMILES string of the molecule is COc1ccc(C(=O)C2CCN(S(=O)(=O)c3ccc(Br)c(C)c3)CC2)cc1. The Bertz CT molecular complexity index is 933. The van der Waals surface area contributed by atoms with Gasteiger partial charge >= 0.3 is 0 Å². The number of ether oxygens (including phenoxy) is 1. The summed E-state index contributed by atoms with van der Waals surface area (Å²) in [6.07, 6.45) is 1.05. The zero-order chi connectivity index (χ0) is 19.6. The quantitative estimate of drug-likeness (QED) is 0.643. The molecule has 1 fully saturated rings. The first-order chi connectivity index (χ1) is 12.8. The van der Waals surface area contributed by atoms with E-state index in [9.17, 15) is 13.2 Å². The minimum atomic E-state index is -3.54. The highest BCUT2D eigenvalue weighted by molar-refractivity contribution is 9.10. The lowest BCUT2D eigenvalue weighted by Gasteiger charge is -2.30. The topological polar surface area (TPSA) is 63.7 Å². The van der Waals surface area contributed by atoms with Gasteiger partial charge in [0.05, 0.1) is 12.0 Å². The van der Waals surface area contributed by atoms with E-state index in [1.807, 2.05) is 6.92 Å². The number of carbonyl (C=O) groups excluding carboxylic acids is 1. The van der Waals surface area contributed by atoms with Crippen LogP contribution in [0, 0.1) is 12.8 Å². The highest BCUT2D eigenvalue weighted by Crippen LogP contribution is 2.28. The van der Waals surface area contributed by atoms with Gasteiger partial charge in [-0.1, -0.05) is 15.9 Å². The third-order valence-corrected chi connectivity index (χ3v) is 7.75. The predicted molar refractivity (Wildman–Crippen MR) is 108 cm³/mol. The van der Waals surface area contributed by atoms with Crippen molar-refractivity contribution in [3.8, 4) is 5.75 Å². The van der Waals surface area contributed by atoms with Gasteiger partial charge in [0, 0.05) is 29.0 Å². The molecular formula is C20H22BrNO4S. The van der Waals surface area contributed by atoms with Crippen LogP contribution in [0.3, 0.4) is 0 Å². The molecule has 0 saturated carbocycles. The molecule has 0 aliphatic carbocycles. The Morgan fingerprint density at radius 2 is 1.74 bits per heavy atom. The average molecular weight is 452 g/mol. The summed E-state index contributed by atoms with van der Waals surface area (Å²) < 4.78 is 33.2.